The van der Waals surface area contributed by atoms with E-state index in [0.717, 1.165) is 6.42 Å². The highest BCUT2D eigenvalue weighted by Crippen LogP contribution is 2.35. The monoisotopic (exact) mass is 353 g/mol. The molecule has 4 heteroatoms. The van der Waals surface area contributed by atoms with Crippen LogP contribution in [0.25, 0.3) is 21.2 Å². The van der Waals surface area contributed by atoms with E-state index in [-0.39, 0.29) is 5.92 Å². The van der Waals surface area contributed by atoms with Crippen molar-refractivity contribution in [3.8, 4) is 11.1 Å². The third kappa shape index (κ3) is 3.91. The summed E-state index contributed by atoms with van der Waals surface area (Å²) in [6.07, 6.45) is 1.01. The number of aliphatic carboxylic acids is 1. The molecule has 3 rings (SSSR count). The van der Waals surface area contributed by atoms with Crippen LogP contribution < -0.4 is 5.32 Å². The number of carbonyl (C=O) groups is 1. The van der Waals surface area contributed by atoms with E-state index < -0.39 is 5.97 Å². The Morgan fingerprint density at radius 2 is 1.92 bits per heavy atom. The van der Waals surface area contributed by atoms with Crippen molar-refractivity contribution >= 4 is 27.4 Å². The second-order valence-electron chi connectivity index (χ2n) is 6.31. The van der Waals surface area contributed by atoms with E-state index in [4.69, 9.17) is 5.11 Å². The van der Waals surface area contributed by atoms with E-state index in [0.29, 0.717) is 13.1 Å². The lowest BCUT2D eigenvalue weighted by Gasteiger charge is -2.09. The van der Waals surface area contributed by atoms with Crippen LogP contribution in [0.1, 0.15) is 24.3 Å². The molecular weight excluding hydrogens is 330 g/mol. The average Bonchev–Trinajstić information content (AvgIpc) is 3.04. The van der Waals surface area contributed by atoms with Gasteiger partial charge in [0.05, 0.1) is 5.92 Å². The molecule has 0 radical (unpaired) electrons. The molecule has 3 aromatic rings. The van der Waals surface area contributed by atoms with Gasteiger partial charge in [-0.15, -0.1) is 11.3 Å². The number of carboxylic acids is 1. The third-order valence-corrected chi connectivity index (χ3v) is 5.57. The van der Waals surface area contributed by atoms with Gasteiger partial charge in [-0.3, -0.25) is 4.79 Å². The van der Waals surface area contributed by atoms with Crippen molar-refractivity contribution in [2.24, 2.45) is 5.92 Å². The Bertz CT molecular complexity index is 884. The Balaban J connectivity index is 1.87. The quantitative estimate of drug-likeness (QED) is 0.632. The van der Waals surface area contributed by atoms with Crippen molar-refractivity contribution < 1.29 is 9.90 Å². The maximum absolute atomic E-state index is 10.9. The molecule has 0 spiro atoms. The van der Waals surface area contributed by atoms with Gasteiger partial charge in [0.2, 0.25) is 0 Å². The molecule has 0 bridgehead atoms. The zero-order chi connectivity index (χ0) is 17.8. The van der Waals surface area contributed by atoms with Crippen LogP contribution in [0.4, 0.5) is 0 Å². The minimum absolute atomic E-state index is 0.374. The number of fused-ring (bicyclic) bond motifs is 1. The smallest absolute Gasteiger partial charge is 0.307 e. The minimum Gasteiger partial charge on any atom is -0.481 e. The average molecular weight is 353 g/mol. The van der Waals surface area contributed by atoms with E-state index in [9.17, 15) is 4.79 Å². The number of nitrogens with one attached hydrogen (secondary N) is 1. The zero-order valence-corrected chi connectivity index (χ0v) is 15.4. The van der Waals surface area contributed by atoms with Gasteiger partial charge in [-0.25, -0.2) is 0 Å². The molecule has 25 heavy (non-hydrogen) atoms. The van der Waals surface area contributed by atoms with E-state index in [1.165, 1.54) is 31.7 Å². The first-order valence-electron chi connectivity index (χ1n) is 8.63. The number of aryl methyl sites for hydroxylation is 1. The van der Waals surface area contributed by atoms with Crippen LogP contribution in [0, 0.1) is 5.92 Å². The van der Waals surface area contributed by atoms with Gasteiger partial charge in [0.15, 0.2) is 0 Å². The van der Waals surface area contributed by atoms with Gasteiger partial charge in [0, 0.05) is 28.1 Å². The molecule has 1 atom stereocenters. The van der Waals surface area contributed by atoms with Crippen molar-refractivity contribution in [3.63, 3.8) is 0 Å². The van der Waals surface area contributed by atoms with Crippen molar-refractivity contribution in [2.75, 3.05) is 6.54 Å². The summed E-state index contributed by atoms with van der Waals surface area (Å²) in [7, 11) is 0. The zero-order valence-electron chi connectivity index (χ0n) is 14.6. The van der Waals surface area contributed by atoms with E-state index in [1.807, 2.05) is 0 Å². The molecule has 0 saturated heterocycles. The lowest BCUT2D eigenvalue weighted by atomic mass is 9.96. The van der Waals surface area contributed by atoms with Crippen molar-refractivity contribution in [2.45, 2.75) is 26.8 Å². The van der Waals surface area contributed by atoms with E-state index >= 15 is 0 Å². The topological polar surface area (TPSA) is 49.3 Å². The van der Waals surface area contributed by atoms with Crippen LogP contribution in [0.2, 0.25) is 0 Å². The van der Waals surface area contributed by atoms with E-state index in [1.54, 1.807) is 18.3 Å². The summed E-state index contributed by atoms with van der Waals surface area (Å²) in [6.45, 7) is 5.09. The molecule has 0 aliphatic heterocycles. The van der Waals surface area contributed by atoms with Crippen LogP contribution in [0.3, 0.4) is 0 Å². The Morgan fingerprint density at radius 1 is 1.16 bits per heavy atom. The van der Waals surface area contributed by atoms with Crippen LogP contribution >= 0.6 is 11.3 Å². The maximum Gasteiger partial charge on any atom is 0.307 e. The number of hydrogen-bond acceptors (Lipinski definition) is 3. The first kappa shape index (κ1) is 17.6. The minimum atomic E-state index is -0.762. The summed E-state index contributed by atoms with van der Waals surface area (Å²) in [5.74, 6) is -1.14. The molecule has 3 nitrogen and oxygen atoms in total. The molecule has 1 aromatic heterocycles. The lowest BCUT2D eigenvalue weighted by Crippen LogP contribution is -2.25. The van der Waals surface area contributed by atoms with Crippen LogP contribution in [-0.2, 0) is 17.8 Å². The fourth-order valence-corrected chi connectivity index (χ4v) is 4.09. The van der Waals surface area contributed by atoms with Crippen molar-refractivity contribution in [1.29, 1.82) is 0 Å². The van der Waals surface area contributed by atoms with Gasteiger partial charge in [0.25, 0.3) is 0 Å². The summed E-state index contributed by atoms with van der Waals surface area (Å²) in [5.41, 5.74) is 3.93. The summed E-state index contributed by atoms with van der Waals surface area (Å²) in [6, 6.07) is 17.3. The largest absolute Gasteiger partial charge is 0.481 e. The standard InChI is InChI=1S/C21H23NO2S/c1-3-15-7-4-5-8-17(15)18-9-6-10-20-19(18)11-16(25-20)13-22-12-14(2)21(23)24/h4-11,14,22H,3,12-13H2,1-2H3,(H,23,24). The molecule has 2 aromatic carbocycles. The van der Waals surface area contributed by atoms with Gasteiger partial charge < -0.3 is 10.4 Å². The third-order valence-electron chi connectivity index (χ3n) is 4.47. The second-order valence-corrected chi connectivity index (χ2v) is 7.48. The summed E-state index contributed by atoms with van der Waals surface area (Å²) >= 11 is 1.77. The molecule has 0 fully saturated rings. The number of thiophene rings is 1. The van der Waals surface area contributed by atoms with Crippen LogP contribution in [-0.4, -0.2) is 17.6 Å². The number of benzene rings is 2. The molecule has 0 amide bonds. The molecule has 130 valence electrons. The second kappa shape index (κ2) is 7.81. The molecule has 0 aliphatic rings. The predicted octanol–water partition coefficient (Wildman–Crippen LogP) is 4.94. The highest BCUT2D eigenvalue weighted by atomic mass is 32.1. The van der Waals surface area contributed by atoms with Gasteiger partial charge >= 0.3 is 5.97 Å². The summed E-state index contributed by atoms with van der Waals surface area (Å²) in [5, 5.41) is 13.5. The SMILES string of the molecule is CCc1ccccc1-c1cccc2sc(CNCC(C)C(=O)O)cc12. The van der Waals surface area contributed by atoms with Crippen LogP contribution in [0.5, 0.6) is 0 Å². The van der Waals surface area contributed by atoms with Gasteiger partial charge in [0.1, 0.15) is 0 Å². The van der Waals surface area contributed by atoms with Gasteiger partial charge in [-0.05, 0) is 35.2 Å². The first-order chi connectivity index (χ1) is 12.1. The number of rotatable bonds is 7. The first-order valence-corrected chi connectivity index (χ1v) is 9.45. The fraction of sp³-hybridized carbons (Fsp3) is 0.286. The summed E-state index contributed by atoms with van der Waals surface area (Å²) in [4.78, 5) is 12.1. The lowest BCUT2D eigenvalue weighted by molar-refractivity contribution is -0.140. The predicted molar refractivity (Wildman–Crippen MR) is 105 cm³/mol. The molecule has 0 saturated carbocycles. The Labute approximate surface area is 152 Å². The Hall–Kier alpha value is -2.17. The Morgan fingerprint density at radius 3 is 2.68 bits per heavy atom. The fourth-order valence-electron chi connectivity index (χ4n) is 3.03. The molecular formula is C21H23NO2S. The molecule has 0 aliphatic carbocycles. The number of hydrogen-bond donors (Lipinski definition) is 2. The highest BCUT2D eigenvalue weighted by Gasteiger charge is 2.12. The summed E-state index contributed by atoms with van der Waals surface area (Å²) < 4.78 is 1.27. The van der Waals surface area contributed by atoms with Crippen molar-refractivity contribution in [3.05, 3.63) is 59.0 Å². The van der Waals surface area contributed by atoms with E-state index in [2.05, 4.69) is 60.8 Å². The molecule has 2 N–H and O–H groups in total. The van der Waals surface area contributed by atoms with Crippen LogP contribution in [0.15, 0.2) is 48.5 Å². The maximum atomic E-state index is 10.9. The highest BCUT2D eigenvalue weighted by molar-refractivity contribution is 7.19. The van der Waals surface area contributed by atoms with Crippen molar-refractivity contribution in [1.82, 2.24) is 5.32 Å². The normalized spacial score (nSPS) is 12.4. The number of carboxylic acid groups (broad SMARTS) is 1. The van der Waals surface area contributed by atoms with Gasteiger partial charge in [-0.2, -0.15) is 0 Å². The Kier molecular flexibility index (Phi) is 5.51. The van der Waals surface area contributed by atoms with Gasteiger partial charge in [-0.1, -0.05) is 50.2 Å². The molecule has 1 heterocycles. The molecule has 1 unspecified atom stereocenters.